The fourth-order valence-electron chi connectivity index (χ4n) is 2.00. The van der Waals surface area contributed by atoms with E-state index in [0.29, 0.717) is 6.54 Å². The summed E-state index contributed by atoms with van der Waals surface area (Å²) < 4.78 is 4.86. The Morgan fingerprint density at radius 3 is 2.77 bits per heavy atom. The zero-order chi connectivity index (χ0) is 15.9. The van der Waals surface area contributed by atoms with Crippen molar-refractivity contribution < 1.29 is 19.1 Å². The van der Waals surface area contributed by atoms with E-state index in [1.54, 1.807) is 13.1 Å². The predicted octanol–water partition coefficient (Wildman–Crippen LogP) is 1.10. The predicted molar refractivity (Wildman–Crippen MR) is 80.2 cm³/mol. The lowest BCUT2D eigenvalue weighted by molar-refractivity contribution is -0.147. The Hall–Kier alpha value is -2.83. The summed E-state index contributed by atoms with van der Waals surface area (Å²) >= 11 is 0. The second kappa shape index (κ2) is 7.26. The number of carbonyl (C=O) groups is 3. The van der Waals surface area contributed by atoms with E-state index < -0.39 is 24.5 Å². The maximum Gasteiger partial charge on any atom is 0.321 e. The third-order valence-electron chi connectivity index (χ3n) is 2.96. The van der Waals surface area contributed by atoms with Gasteiger partial charge >= 0.3 is 12.0 Å². The van der Waals surface area contributed by atoms with Crippen LogP contribution in [0.2, 0.25) is 0 Å². The van der Waals surface area contributed by atoms with Gasteiger partial charge in [0.2, 0.25) is 0 Å². The quantitative estimate of drug-likeness (QED) is 0.720. The number of nitrogens with one attached hydrogen (secondary N) is 3. The monoisotopic (exact) mass is 303 g/mol. The van der Waals surface area contributed by atoms with Gasteiger partial charge < -0.3 is 15.0 Å². The average Bonchev–Trinajstić information content (AvgIpc) is 2.89. The molecule has 7 heteroatoms. The molecule has 0 aliphatic heterocycles. The SMILES string of the molecule is CCNC(=O)NC(=O)COC(=O)Cc1c[nH]c2ccccc12. The van der Waals surface area contributed by atoms with Gasteiger partial charge in [-0.2, -0.15) is 0 Å². The van der Waals surface area contributed by atoms with Crippen molar-refractivity contribution in [3.8, 4) is 0 Å². The van der Waals surface area contributed by atoms with Gasteiger partial charge in [0.1, 0.15) is 0 Å². The molecular weight excluding hydrogens is 286 g/mol. The van der Waals surface area contributed by atoms with Gasteiger partial charge in [-0.1, -0.05) is 18.2 Å². The van der Waals surface area contributed by atoms with Crippen LogP contribution in [0.3, 0.4) is 0 Å². The highest BCUT2D eigenvalue weighted by atomic mass is 16.5. The van der Waals surface area contributed by atoms with Crippen LogP contribution in [0.1, 0.15) is 12.5 Å². The van der Waals surface area contributed by atoms with Crippen molar-refractivity contribution in [2.75, 3.05) is 13.2 Å². The van der Waals surface area contributed by atoms with E-state index in [1.165, 1.54) is 0 Å². The Bertz CT molecular complexity index is 693. The van der Waals surface area contributed by atoms with E-state index in [9.17, 15) is 14.4 Å². The Balaban J connectivity index is 1.83. The molecule has 0 bridgehead atoms. The standard InChI is InChI=1S/C15H17N3O4/c1-2-16-15(21)18-13(19)9-22-14(20)7-10-8-17-12-6-4-3-5-11(10)12/h3-6,8,17H,2,7,9H2,1H3,(H2,16,18,19,21). The number of carbonyl (C=O) groups excluding carboxylic acids is 3. The summed E-state index contributed by atoms with van der Waals surface area (Å²) in [5.41, 5.74) is 1.73. The van der Waals surface area contributed by atoms with E-state index >= 15 is 0 Å². The Morgan fingerprint density at radius 2 is 2.00 bits per heavy atom. The smallest absolute Gasteiger partial charge is 0.321 e. The number of hydrogen-bond donors (Lipinski definition) is 3. The average molecular weight is 303 g/mol. The summed E-state index contributed by atoms with van der Waals surface area (Å²) in [7, 11) is 0. The van der Waals surface area contributed by atoms with E-state index in [1.807, 2.05) is 24.3 Å². The molecule has 7 nitrogen and oxygen atoms in total. The second-order valence-corrected chi connectivity index (χ2v) is 4.60. The fourth-order valence-corrected chi connectivity index (χ4v) is 2.00. The molecular formula is C15H17N3O4. The number of esters is 1. The lowest BCUT2D eigenvalue weighted by atomic mass is 10.1. The summed E-state index contributed by atoms with van der Waals surface area (Å²) in [4.78, 5) is 37.3. The third kappa shape index (κ3) is 4.08. The first-order chi connectivity index (χ1) is 10.6. The van der Waals surface area contributed by atoms with Crippen LogP contribution >= 0.6 is 0 Å². The maximum absolute atomic E-state index is 11.8. The van der Waals surface area contributed by atoms with Crippen LogP contribution in [0.5, 0.6) is 0 Å². The van der Waals surface area contributed by atoms with E-state index in [0.717, 1.165) is 16.5 Å². The molecule has 1 aromatic carbocycles. The molecule has 1 heterocycles. The Kier molecular flexibility index (Phi) is 5.13. The minimum atomic E-state index is -0.668. The molecule has 0 fully saturated rings. The highest BCUT2D eigenvalue weighted by Crippen LogP contribution is 2.18. The van der Waals surface area contributed by atoms with Gasteiger partial charge in [0, 0.05) is 23.6 Å². The normalized spacial score (nSPS) is 10.2. The molecule has 2 rings (SSSR count). The number of rotatable bonds is 5. The molecule has 116 valence electrons. The number of aromatic nitrogens is 1. The lowest BCUT2D eigenvalue weighted by Crippen LogP contribution is -2.41. The second-order valence-electron chi connectivity index (χ2n) is 4.60. The van der Waals surface area contributed by atoms with Crippen LogP contribution in [0.15, 0.2) is 30.5 Å². The number of H-pyrrole nitrogens is 1. The van der Waals surface area contributed by atoms with Crippen molar-refractivity contribution in [3.63, 3.8) is 0 Å². The van der Waals surface area contributed by atoms with Crippen molar-refractivity contribution in [1.82, 2.24) is 15.6 Å². The van der Waals surface area contributed by atoms with Gasteiger partial charge in [-0.3, -0.25) is 14.9 Å². The number of hydrogen-bond acceptors (Lipinski definition) is 4. The number of fused-ring (bicyclic) bond motifs is 1. The maximum atomic E-state index is 11.8. The molecule has 0 unspecified atom stereocenters. The van der Waals surface area contributed by atoms with Crippen LogP contribution in [0, 0.1) is 0 Å². The molecule has 0 aliphatic carbocycles. The number of ether oxygens (including phenoxy) is 1. The van der Waals surface area contributed by atoms with Crippen molar-refractivity contribution in [1.29, 1.82) is 0 Å². The number of para-hydroxylation sites is 1. The lowest BCUT2D eigenvalue weighted by Gasteiger charge is -2.06. The van der Waals surface area contributed by atoms with Crippen molar-refractivity contribution >= 4 is 28.8 Å². The van der Waals surface area contributed by atoms with Crippen molar-refractivity contribution in [2.24, 2.45) is 0 Å². The molecule has 2 aromatic rings. The van der Waals surface area contributed by atoms with Crippen LogP contribution in [0.4, 0.5) is 4.79 Å². The molecule has 0 atom stereocenters. The molecule has 3 amide bonds. The first-order valence-corrected chi connectivity index (χ1v) is 6.88. The largest absolute Gasteiger partial charge is 0.455 e. The van der Waals surface area contributed by atoms with Gasteiger partial charge in [0.05, 0.1) is 6.42 Å². The third-order valence-corrected chi connectivity index (χ3v) is 2.96. The topological polar surface area (TPSA) is 100 Å². The van der Waals surface area contributed by atoms with E-state index in [-0.39, 0.29) is 6.42 Å². The van der Waals surface area contributed by atoms with E-state index in [4.69, 9.17) is 4.74 Å². The number of aromatic amines is 1. The first-order valence-electron chi connectivity index (χ1n) is 6.88. The molecule has 1 aromatic heterocycles. The van der Waals surface area contributed by atoms with Gasteiger partial charge in [-0.05, 0) is 18.6 Å². The Labute approximate surface area is 127 Å². The summed E-state index contributed by atoms with van der Waals surface area (Å²) in [6, 6.07) is 6.97. The number of benzene rings is 1. The van der Waals surface area contributed by atoms with Crippen LogP contribution in [-0.2, 0) is 20.7 Å². The van der Waals surface area contributed by atoms with Crippen molar-refractivity contribution in [3.05, 3.63) is 36.0 Å². The molecule has 0 radical (unpaired) electrons. The first kappa shape index (κ1) is 15.6. The van der Waals surface area contributed by atoms with Crippen LogP contribution < -0.4 is 10.6 Å². The molecule has 3 N–H and O–H groups in total. The van der Waals surface area contributed by atoms with E-state index in [2.05, 4.69) is 15.6 Å². The summed E-state index contributed by atoms with van der Waals surface area (Å²) in [6.07, 6.45) is 1.79. The molecule has 0 spiro atoms. The van der Waals surface area contributed by atoms with Crippen LogP contribution in [0.25, 0.3) is 10.9 Å². The van der Waals surface area contributed by atoms with Crippen LogP contribution in [-0.4, -0.2) is 36.0 Å². The number of urea groups is 1. The zero-order valence-electron chi connectivity index (χ0n) is 12.1. The Morgan fingerprint density at radius 1 is 1.23 bits per heavy atom. The minimum Gasteiger partial charge on any atom is -0.455 e. The minimum absolute atomic E-state index is 0.0540. The highest BCUT2D eigenvalue weighted by Gasteiger charge is 2.12. The molecule has 0 aliphatic rings. The zero-order valence-corrected chi connectivity index (χ0v) is 12.1. The highest BCUT2D eigenvalue weighted by molar-refractivity contribution is 5.95. The molecule has 22 heavy (non-hydrogen) atoms. The van der Waals surface area contributed by atoms with Gasteiger partial charge in [-0.25, -0.2) is 4.79 Å². The molecule has 0 saturated carbocycles. The van der Waals surface area contributed by atoms with Gasteiger partial charge in [-0.15, -0.1) is 0 Å². The van der Waals surface area contributed by atoms with Gasteiger partial charge in [0.25, 0.3) is 5.91 Å². The van der Waals surface area contributed by atoms with Crippen molar-refractivity contribution in [2.45, 2.75) is 13.3 Å². The number of amides is 3. The summed E-state index contributed by atoms with van der Waals surface area (Å²) in [6.45, 7) is 1.64. The summed E-state index contributed by atoms with van der Waals surface area (Å²) in [5.74, 6) is -1.20. The summed E-state index contributed by atoms with van der Waals surface area (Å²) in [5, 5.41) is 5.39. The molecule has 0 saturated heterocycles. The van der Waals surface area contributed by atoms with Gasteiger partial charge in [0.15, 0.2) is 6.61 Å². The number of imide groups is 1. The fraction of sp³-hybridized carbons (Fsp3) is 0.267.